The highest BCUT2D eigenvalue weighted by atomic mass is 16.5. The average Bonchev–Trinajstić information content (AvgIpc) is 2.66. The molecule has 5 rings (SSSR count). The van der Waals surface area contributed by atoms with E-state index in [2.05, 4.69) is 16.8 Å². The molecule has 2 aromatic rings. The molecule has 0 amide bonds. The summed E-state index contributed by atoms with van der Waals surface area (Å²) < 4.78 is 5.36. The molecule has 4 heterocycles. The third-order valence-corrected chi connectivity index (χ3v) is 6.13. The molecule has 5 atom stereocenters. The number of aromatic nitrogens is 1. The van der Waals surface area contributed by atoms with Crippen LogP contribution in [0.1, 0.15) is 37.9 Å². The predicted molar refractivity (Wildman–Crippen MR) is 95.1 cm³/mol. The molecular weight excluding hydrogens is 300 g/mol. The Hall–Kier alpha value is -1.65. The van der Waals surface area contributed by atoms with E-state index in [1.807, 2.05) is 24.3 Å². The lowest BCUT2D eigenvalue weighted by molar-refractivity contribution is -0.0562. The molecular formula is C20H26N2O2. The molecule has 3 aliphatic rings. The number of nitrogens with zero attached hydrogens (tertiary/aromatic N) is 2. The number of rotatable bonds is 4. The Kier molecular flexibility index (Phi) is 4.19. The van der Waals surface area contributed by atoms with Gasteiger partial charge in [-0.05, 0) is 61.1 Å². The van der Waals surface area contributed by atoms with E-state index in [4.69, 9.17) is 4.74 Å². The number of methoxy groups -OCH3 is 1. The molecule has 1 N–H and O–H groups in total. The lowest BCUT2D eigenvalue weighted by atomic mass is 9.72. The van der Waals surface area contributed by atoms with Crippen molar-refractivity contribution in [3.63, 3.8) is 0 Å². The third-order valence-electron chi connectivity index (χ3n) is 6.13. The number of piperidine rings is 3. The molecule has 4 heteroatoms. The van der Waals surface area contributed by atoms with E-state index in [-0.39, 0.29) is 6.04 Å². The SMILES string of the molecule is CC[C@@H]1CN2CC[C@@H]1C[C@@H]2[C@@H](O)c1ccnc2ccc(OC)cc12. The van der Waals surface area contributed by atoms with Crippen molar-refractivity contribution in [2.45, 2.75) is 38.3 Å². The highest BCUT2D eigenvalue weighted by Crippen LogP contribution is 2.42. The van der Waals surface area contributed by atoms with E-state index in [1.54, 1.807) is 13.3 Å². The van der Waals surface area contributed by atoms with Crippen LogP contribution in [0.15, 0.2) is 30.5 Å². The van der Waals surface area contributed by atoms with Gasteiger partial charge in [-0.15, -0.1) is 0 Å². The molecule has 0 saturated carbocycles. The van der Waals surface area contributed by atoms with Gasteiger partial charge in [0.1, 0.15) is 5.75 Å². The van der Waals surface area contributed by atoms with Crippen LogP contribution in [-0.4, -0.2) is 41.2 Å². The van der Waals surface area contributed by atoms with Crippen molar-refractivity contribution in [1.82, 2.24) is 9.88 Å². The lowest BCUT2D eigenvalue weighted by Gasteiger charge is -2.51. The van der Waals surface area contributed by atoms with E-state index in [1.165, 1.54) is 12.8 Å². The lowest BCUT2D eigenvalue weighted by Crippen LogP contribution is -2.55. The largest absolute Gasteiger partial charge is 0.497 e. The number of aliphatic hydroxyl groups is 1. The fraction of sp³-hybridized carbons (Fsp3) is 0.550. The van der Waals surface area contributed by atoms with Crippen molar-refractivity contribution in [2.75, 3.05) is 20.2 Å². The van der Waals surface area contributed by atoms with Crippen molar-refractivity contribution in [3.8, 4) is 5.75 Å². The number of hydrogen-bond donors (Lipinski definition) is 1. The molecule has 0 spiro atoms. The highest BCUT2D eigenvalue weighted by Gasteiger charge is 2.42. The van der Waals surface area contributed by atoms with Crippen molar-refractivity contribution >= 4 is 10.9 Å². The zero-order valence-corrected chi connectivity index (χ0v) is 14.5. The maximum Gasteiger partial charge on any atom is 0.119 e. The topological polar surface area (TPSA) is 45.6 Å². The minimum absolute atomic E-state index is 0.225. The number of benzene rings is 1. The maximum absolute atomic E-state index is 11.2. The van der Waals surface area contributed by atoms with Crippen LogP contribution >= 0.6 is 0 Å². The molecule has 128 valence electrons. The van der Waals surface area contributed by atoms with E-state index in [0.717, 1.165) is 53.6 Å². The Morgan fingerprint density at radius 1 is 1.38 bits per heavy atom. The Morgan fingerprint density at radius 2 is 2.25 bits per heavy atom. The quantitative estimate of drug-likeness (QED) is 0.935. The fourth-order valence-corrected chi connectivity index (χ4v) is 4.71. The number of pyridine rings is 1. The van der Waals surface area contributed by atoms with Gasteiger partial charge in [-0.25, -0.2) is 0 Å². The molecule has 4 nitrogen and oxygen atoms in total. The van der Waals surface area contributed by atoms with Gasteiger partial charge in [-0.3, -0.25) is 9.88 Å². The van der Waals surface area contributed by atoms with E-state index >= 15 is 0 Å². The summed E-state index contributed by atoms with van der Waals surface area (Å²) in [5, 5.41) is 12.2. The van der Waals surface area contributed by atoms with Gasteiger partial charge in [0.25, 0.3) is 0 Å². The zero-order chi connectivity index (χ0) is 16.7. The molecule has 3 fully saturated rings. The number of hydrogen-bond acceptors (Lipinski definition) is 4. The Bertz CT molecular complexity index is 733. The fourth-order valence-electron chi connectivity index (χ4n) is 4.71. The Balaban J connectivity index is 1.68. The molecule has 0 radical (unpaired) electrons. The summed E-state index contributed by atoms with van der Waals surface area (Å²) >= 11 is 0. The highest BCUT2D eigenvalue weighted by molar-refractivity contribution is 5.83. The van der Waals surface area contributed by atoms with Gasteiger partial charge < -0.3 is 9.84 Å². The van der Waals surface area contributed by atoms with Crippen LogP contribution in [0.4, 0.5) is 0 Å². The Labute approximate surface area is 143 Å². The van der Waals surface area contributed by atoms with Gasteiger partial charge in [0.05, 0.1) is 18.7 Å². The van der Waals surface area contributed by atoms with Crippen LogP contribution in [0.25, 0.3) is 10.9 Å². The van der Waals surface area contributed by atoms with Gasteiger partial charge in [-0.2, -0.15) is 0 Å². The summed E-state index contributed by atoms with van der Waals surface area (Å²) in [5.74, 6) is 2.37. The van der Waals surface area contributed by atoms with E-state index < -0.39 is 6.10 Å². The summed E-state index contributed by atoms with van der Waals surface area (Å²) in [4.78, 5) is 6.94. The second-order valence-corrected chi connectivity index (χ2v) is 7.24. The monoisotopic (exact) mass is 326 g/mol. The van der Waals surface area contributed by atoms with Crippen molar-refractivity contribution in [3.05, 3.63) is 36.0 Å². The van der Waals surface area contributed by atoms with Crippen LogP contribution in [-0.2, 0) is 0 Å². The third kappa shape index (κ3) is 2.58. The van der Waals surface area contributed by atoms with Crippen LogP contribution in [0.5, 0.6) is 5.75 Å². The molecule has 1 aromatic carbocycles. The average molecular weight is 326 g/mol. The van der Waals surface area contributed by atoms with Crippen molar-refractivity contribution in [2.24, 2.45) is 11.8 Å². The first-order valence-electron chi connectivity index (χ1n) is 9.06. The van der Waals surface area contributed by atoms with Gasteiger partial charge >= 0.3 is 0 Å². The number of aliphatic hydroxyl groups excluding tert-OH is 1. The second kappa shape index (κ2) is 6.34. The molecule has 1 aromatic heterocycles. The van der Waals surface area contributed by atoms with E-state index in [9.17, 15) is 5.11 Å². The minimum atomic E-state index is -0.469. The number of fused-ring (bicyclic) bond motifs is 4. The standard InChI is InChI=1S/C20H26N2O2/c1-3-13-12-22-9-7-14(13)10-19(22)20(23)16-6-8-21-18-5-4-15(24-2)11-17(16)18/h4-6,8,11,13-14,19-20,23H,3,7,9-10,12H2,1-2H3/t13-,14-,19-,20+/m1/s1. The van der Waals surface area contributed by atoms with Gasteiger partial charge in [-0.1, -0.05) is 13.3 Å². The first kappa shape index (κ1) is 15.9. The first-order chi connectivity index (χ1) is 11.7. The molecule has 0 aliphatic carbocycles. The van der Waals surface area contributed by atoms with E-state index in [0.29, 0.717) is 0 Å². The van der Waals surface area contributed by atoms with Crippen molar-refractivity contribution in [1.29, 1.82) is 0 Å². The van der Waals surface area contributed by atoms with Gasteiger partial charge in [0.2, 0.25) is 0 Å². The first-order valence-corrected chi connectivity index (χ1v) is 9.06. The van der Waals surface area contributed by atoms with Gasteiger partial charge in [0, 0.05) is 24.2 Å². The molecule has 2 bridgehead atoms. The van der Waals surface area contributed by atoms with Crippen LogP contribution in [0.3, 0.4) is 0 Å². The number of ether oxygens (including phenoxy) is 1. The smallest absolute Gasteiger partial charge is 0.119 e. The predicted octanol–water partition coefficient (Wildman–Crippen LogP) is 3.40. The molecule has 3 aliphatic heterocycles. The Morgan fingerprint density at radius 3 is 2.96 bits per heavy atom. The van der Waals surface area contributed by atoms with Crippen LogP contribution in [0, 0.1) is 11.8 Å². The van der Waals surface area contributed by atoms with Crippen LogP contribution < -0.4 is 4.74 Å². The van der Waals surface area contributed by atoms with Crippen LogP contribution in [0.2, 0.25) is 0 Å². The molecule has 3 saturated heterocycles. The zero-order valence-electron chi connectivity index (χ0n) is 14.5. The summed E-state index contributed by atoms with van der Waals surface area (Å²) in [6, 6.07) is 8.07. The summed E-state index contributed by atoms with van der Waals surface area (Å²) in [6.07, 6.45) is 4.97. The van der Waals surface area contributed by atoms with Crippen molar-refractivity contribution < 1.29 is 9.84 Å². The molecule has 24 heavy (non-hydrogen) atoms. The van der Waals surface area contributed by atoms with Gasteiger partial charge in [0.15, 0.2) is 0 Å². The summed E-state index contributed by atoms with van der Waals surface area (Å²) in [6.45, 7) is 4.55. The minimum Gasteiger partial charge on any atom is -0.497 e. The molecule has 1 unspecified atom stereocenters. The summed E-state index contributed by atoms with van der Waals surface area (Å²) in [7, 11) is 1.67. The summed E-state index contributed by atoms with van der Waals surface area (Å²) in [5.41, 5.74) is 1.89. The normalized spacial score (nSPS) is 30.5. The maximum atomic E-state index is 11.2. The second-order valence-electron chi connectivity index (χ2n) is 7.24.